The molecule has 26 heavy (non-hydrogen) atoms. The lowest BCUT2D eigenvalue weighted by Crippen LogP contribution is -2.15. The van der Waals surface area contributed by atoms with E-state index in [9.17, 15) is 0 Å². The molecular weight excluding hydrogens is 350 g/mol. The van der Waals surface area contributed by atoms with E-state index >= 15 is 0 Å². The average Bonchev–Trinajstić information content (AvgIpc) is 2.64. The molecule has 4 nitrogen and oxygen atoms in total. The van der Waals surface area contributed by atoms with Crippen molar-refractivity contribution in [2.24, 2.45) is 0 Å². The number of rotatable bonds is 11. The highest BCUT2D eigenvalue weighted by atomic mass is 35.5. The lowest BCUT2D eigenvalue weighted by atomic mass is 10.1. The number of aliphatic hydroxyl groups is 1. The van der Waals surface area contributed by atoms with Gasteiger partial charge >= 0.3 is 0 Å². The first-order valence-corrected chi connectivity index (χ1v) is 9.47. The second-order valence-electron chi connectivity index (χ2n) is 6.21. The molecule has 0 spiro atoms. The zero-order chi connectivity index (χ0) is 18.8. The number of nitrogens with one attached hydrogen (secondary N) is 1. The molecule has 0 saturated carbocycles. The summed E-state index contributed by atoms with van der Waals surface area (Å²) in [6.45, 7) is 6.76. The van der Waals surface area contributed by atoms with Gasteiger partial charge in [0.2, 0.25) is 0 Å². The van der Waals surface area contributed by atoms with E-state index in [0.717, 1.165) is 30.5 Å². The Bertz CT molecular complexity index is 674. The molecule has 0 unspecified atom stereocenters. The smallest absolute Gasteiger partial charge is 0.163 e. The summed E-state index contributed by atoms with van der Waals surface area (Å²) in [7, 11) is 0. The molecular formula is C21H28ClNO3. The van der Waals surface area contributed by atoms with Crippen LogP contribution in [-0.2, 0) is 13.2 Å². The first kappa shape index (κ1) is 20.6. The molecule has 0 fully saturated rings. The second-order valence-corrected chi connectivity index (χ2v) is 6.61. The van der Waals surface area contributed by atoms with Crippen LogP contribution in [0.25, 0.3) is 0 Å². The van der Waals surface area contributed by atoms with Crippen molar-refractivity contribution in [3.8, 4) is 11.5 Å². The number of ether oxygens (including phenoxy) is 2. The van der Waals surface area contributed by atoms with Crippen molar-refractivity contribution in [1.82, 2.24) is 5.32 Å². The van der Waals surface area contributed by atoms with Crippen LogP contribution in [0.3, 0.4) is 0 Å². The van der Waals surface area contributed by atoms with Gasteiger partial charge in [0.05, 0.1) is 6.61 Å². The van der Waals surface area contributed by atoms with Crippen LogP contribution in [0.5, 0.6) is 11.5 Å². The molecule has 2 rings (SSSR count). The third-order valence-electron chi connectivity index (χ3n) is 4.00. The molecule has 0 saturated heterocycles. The Morgan fingerprint density at radius 3 is 2.46 bits per heavy atom. The molecule has 0 aliphatic rings. The fourth-order valence-corrected chi connectivity index (χ4v) is 2.74. The number of aryl methyl sites for hydroxylation is 1. The van der Waals surface area contributed by atoms with Gasteiger partial charge in [0.25, 0.3) is 0 Å². The third kappa shape index (κ3) is 6.52. The lowest BCUT2D eigenvalue weighted by Gasteiger charge is -2.15. The van der Waals surface area contributed by atoms with Gasteiger partial charge in [-0.3, -0.25) is 0 Å². The highest BCUT2D eigenvalue weighted by Crippen LogP contribution is 2.34. The number of benzene rings is 2. The summed E-state index contributed by atoms with van der Waals surface area (Å²) in [5, 5.41) is 12.8. The summed E-state index contributed by atoms with van der Waals surface area (Å²) in [6, 6.07) is 12.0. The van der Waals surface area contributed by atoms with Crippen LogP contribution in [0.2, 0.25) is 5.02 Å². The van der Waals surface area contributed by atoms with Gasteiger partial charge in [-0.2, -0.15) is 0 Å². The molecule has 2 aromatic rings. The van der Waals surface area contributed by atoms with Crippen LogP contribution in [0, 0.1) is 6.92 Å². The van der Waals surface area contributed by atoms with Crippen molar-refractivity contribution in [2.75, 3.05) is 19.8 Å². The van der Waals surface area contributed by atoms with E-state index in [2.05, 4.69) is 36.5 Å². The van der Waals surface area contributed by atoms with Gasteiger partial charge in [-0.1, -0.05) is 41.4 Å². The second kappa shape index (κ2) is 11.1. The standard InChI is InChI=1S/C21H28ClNO3/c1-3-25-20-12-18(14-23-10-4-5-11-24)19(22)13-21(20)26-15-17-8-6-16(2)7-9-17/h6-9,12-13,23-24H,3-5,10-11,14-15H2,1-2H3. The van der Waals surface area contributed by atoms with Crippen molar-refractivity contribution >= 4 is 11.6 Å². The molecule has 2 N–H and O–H groups in total. The van der Waals surface area contributed by atoms with Crippen LogP contribution in [0.15, 0.2) is 36.4 Å². The zero-order valence-electron chi connectivity index (χ0n) is 15.6. The van der Waals surface area contributed by atoms with E-state index < -0.39 is 0 Å². The van der Waals surface area contributed by atoms with Crippen molar-refractivity contribution in [3.63, 3.8) is 0 Å². The first-order valence-electron chi connectivity index (χ1n) is 9.09. The van der Waals surface area contributed by atoms with Gasteiger partial charge in [0, 0.05) is 24.2 Å². The van der Waals surface area contributed by atoms with E-state index in [1.54, 1.807) is 0 Å². The Morgan fingerprint density at radius 2 is 1.77 bits per heavy atom. The SMILES string of the molecule is CCOc1cc(CNCCCCO)c(Cl)cc1OCc1ccc(C)cc1. The number of unbranched alkanes of at least 4 members (excludes halogenated alkanes) is 1. The van der Waals surface area contributed by atoms with E-state index in [0.29, 0.717) is 36.3 Å². The molecule has 142 valence electrons. The van der Waals surface area contributed by atoms with E-state index in [1.807, 2.05) is 19.1 Å². The maximum atomic E-state index is 8.82. The molecule has 0 atom stereocenters. The monoisotopic (exact) mass is 377 g/mol. The molecule has 5 heteroatoms. The van der Waals surface area contributed by atoms with E-state index in [1.165, 1.54) is 5.56 Å². The Morgan fingerprint density at radius 1 is 1.04 bits per heavy atom. The summed E-state index contributed by atoms with van der Waals surface area (Å²) in [6.07, 6.45) is 1.74. The third-order valence-corrected chi connectivity index (χ3v) is 4.36. The topological polar surface area (TPSA) is 50.7 Å². The molecule has 2 aromatic carbocycles. The maximum Gasteiger partial charge on any atom is 0.163 e. The van der Waals surface area contributed by atoms with Gasteiger partial charge in [0.15, 0.2) is 11.5 Å². The van der Waals surface area contributed by atoms with Crippen LogP contribution < -0.4 is 14.8 Å². The predicted octanol–water partition coefficient (Wildman–Crippen LogP) is 4.49. The van der Waals surface area contributed by atoms with Gasteiger partial charge in [-0.05, 0) is 50.4 Å². The van der Waals surface area contributed by atoms with Crippen LogP contribution in [0.4, 0.5) is 0 Å². The minimum absolute atomic E-state index is 0.226. The van der Waals surface area contributed by atoms with Crippen LogP contribution in [0.1, 0.15) is 36.5 Å². The molecule has 0 heterocycles. The molecule has 0 aliphatic carbocycles. The molecule has 0 aliphatic heterocycles. The van der Waals surface area contributed by atoms with Crippen molar-refractivity contribution in [3.05, 3.63) is 58.1 Å². The van der Waals surface area contributed by atoms with Gasteiger partial charge < -0.3 is 19.9 Å². The quantitative estimate of drug-likeness (QED) is 0.566. The lowest BCUT2D eigenvalue weighted by molar-refractivity contribution is 0.269. The number of hydrogen-bond acceptors (Lipinski definition) is 4. The molecule has 0 aromatic heterocycles. The Kier molecular flexibility index (Phi) is 8.75. The van der Waals surface area contributed by atoms with Crippen molar-refractivity contribution < 1.29 is 14.6 Å². The fourth-order valence-electron chi connectivity index (χ4n) is 2.52. The summed E-state index contributed by atoms with van der Waals surface area (Å²) < 4.78 is 11.7. The van der Waals surface area contributed by atoms with E-state index in [-0.39, 0.29) is 6.61 Å². The fraction of sp³-hybridized carbons (Fsp3) is 0.429. The summed E-state index contributed by atoms with van der Waals surface area (Å²) in [5.41, 5.74) is 3.30. The first-order chi connectivity index (χ1) is 12.6. The Hall–Kier alpha value is -1.75. The zero-order valence-corrected chi connectivity index (χ0v) is 16.3. The van der Waals surface area contributed by atoms with E-state index in [4.69, 9.17) is 26.2 Å². The Labute approximate surface area is 161 Å². The van der Waals surface area contributed by atoms with Gasteiger partial charge in [-0.25, -0.2) is 0 Å². The minimum Gasteiger partial charge on any atom is -0.490 e. The predicted molar refractivity (Wildman–Crippen MR) is 106 cm³/mol. The van der Waals surface area contributed by atoms with Crippen molar-refractivity contribution in [2.45, 2.75) is 39.8 Å². The molecule has 0 amide bonds. The number of halogens is 1. The molecule has 0 radical (unpaired) electrons. The maximum absolute atomic E-state index is 8.82. The van der Waals surface area contributed by atoms with Crippen LogP contribution in [-0.4, -0.2) is 24.9 Å². The normalized spacial score (nSPS) is 10.8. The summed E-state index contributed by atoms with van der Waals surface area (Å²) in [4.78, 5) is 0. The largest absolute Gasteiger partial charge is 0.490 e. The van der Waals surface area contributed by atoms with Gasteiger partial charge in [-0.15, -0.1) is 0 Å². The Balaban J connectivity index is 2.03. The number of hydrogen-bond donors (Lipinski definition) is 2. The minimum atomic E-state index is 0.226. The summed E-state index contributed by atoms with van der Waals surface area (Å²) in [5.74, 6) is 1.36. The van der Waals surface area contributed by atoms with Gasteiger partial charge in [0.1, 0.15) is 6.61 Å². The average molecular weight is 378 g/mol. The highest BCUT2D eigenvalue weighted by Gasteiger charge is 2.11. The van der Waals surface area contributed by atoms with Crippen LogP contribution >= 0.6 is 11.6 Å². The molecule has 0 bridgehead atoms. The van der Waals surface area contributed by atoms with Crippen molar-refractivity contribution in [1.29, 1.82) is 0 Å². The highest BCUT2D eigenvalue weighted by molar-refractivity contribution is 6.31. The summed E-state index contributed by atoms with van der Waals surface area (Å²) >= 11 is 6.43. The number of aliphatic hydroxyl groups excluding tert-OH is 1.